The molecule has 1 aliphatic heterocycles. The summed E-state index contributed by atoms with van der Waals surface area (Å²) in [6.07, 6.45) is 3.10. The van der Waals surface area contributed by atoms with Gasteiger partial charge in [-0.05, 0) is 38.0 Å². The summed E-state index contributed by atoms with van der Waals surface area (Å²) in [4.78, 5) is 39.2. The van der Waals surface area contributed by atoms with E-state index in [2.05, 4.69) is 12.2 Å². The van der Waals surface area contributed by atoms with Crippen LogP contribution >= 0.6 is 11.6 Å². The lowest BCUT2D eigenvalue weighted by Gasteiger charge is -2.34. The first-order valence-electron chi connectivity index (χ1n) is 10.1. The first-order valence-corrected chi connectivity index (χ1v) is 10.5. The average molecular weight is 421 g/mol. The maximum atomic E-state index is 12.8. The number of benzene rings is 1. The zero-order chi connectivity index (χ0) is 21.4. The monoisotopic (exact) mass is 420 g/mol. The fraction of sp³-hybridized carbons (Fsp3) is 0.500. The van der Waals surface area contributed by atoms with E-state index in [-0.39, 0.29) is 31.4 Å². The molecule has 7 heteroatoms. The van der Waals surface area contributed by atoms with E-state index in [1.807, 2.05) is 12.1 Å². The number of hydrogen-bond donors (Lipinski definition) is 1. The van der Waals surface area contributed by atoms with E-state index in [0.29, 0.717) is 22.8 Å². The third-order valence-corrected chi connectivity index (χ3v) is 5.25. The number of allylic oxidation sites excluding steroid dienone is 1. The molecular weight excluding hydrogens is 392 g/mol. The number of esters is 1. The second-order valence-corrected chi connectivity index (χ2v) is 7.50. The van der Waals surface area contributed by atoms with Gasteiger partial charge in [-0.3, -0.25) is 9.59 Å². The number of unbranched alkanes of at least 4 members (excludes halogenated alkanes) is 2. The fourth-order valence-electron chi connectivity index (χ4n) is 3.46. The van der Waals surface area contributed by atoms with Gasteiger partial charge in [0.15, 0.2) is 0 Å². The molecule has 1 aliphatic rings. The van der Waals surface area contributed by atoms with Crippen LogP contribution in [0.3, 0.4) is 0 Å². The molecule has 0 aliphatic carbocycles. The molecule has 158 valence electrons. The number of rotatable bonds is 9. The van der Waals surface area contributed by atoms with E-state index in [4.69, 9.17) is 16.3 Å². The number of amides is 2. The van der Waals surface area contributed by atoms with Crippen molar-refractivity contribution in [3.05, 3.63) is 46.1 Å². The Morgan fingerprint density at radius 1 is 1.21 bits per heavy atom. The van der Waals surface area contributed by atoms with Crippen LogP contribution in [0.1, 0.15) is 57.9 Å². The predicted molar refractivity (Wildman–Crippen MR) is 112 cm³/mol. The van der Waals surface area contributed by atoms with Crippen molar-refractivity contribution in [3.63, 3.8) is 0 Å². The van der Waals surface area contributed by atoms with Gasteiger partial charge in [0.05, 0.1) is 12.2 Å². The van der Waals surface area contributed by atoms with Crippen LogP contribution in [0.25, 0.3) is 0 Å². The quantitative estimate of drug-likeness (QED) is 0.487. The van der Waals surface area contributed by atoms with Gasteiger partial charge in [-0.2, -0.15) is 0 Å². The summed E-state index contributed by atoms with van der Waals surface area (Å²) in [7, 11) is 0. The highest BCUT2D eigenvalue weighted by atomic mass is 35.5. The van der Waals surface area contributed by atoms with Gasteiger partial charge in [-0.1, -0.05) is 43.5 Å². The molecular formula is C22H29ClN2O4. The second kappa shape index (κ2) is 11.0. The zero-order valence-electron chi connectivity index (χ0n) is 17.3. The molecule has 29 heavy (non-hydrogen) atoms. The van der Waals surface area contributed by atoms with Gasteiger partial charge in [-0.25, -0.2) is 4.79 Å². The highest BCUT2D eigenvalue weighted by molar-refractivity contribution is 6.30. The fourth-order valence-corrected chi connectivity index (χ4v) is 3.58. The SMILES string of the molecule is CCCCCNC(=O)CN1C(=O)C[C@@H](c2ccc(Cl)cc2)C(C(=O)OCC)=C1C. The Balaban J connectivity index is 2.27. The summed E-state index contributed by atoms with van der Waals surface area (Å²) in [5.41, 5.74) is 1.68. The molecule has 0 aromatic heterocycles. The highest BCUT2D eigenvalue weighted by Crippen LogP contribution is 2.37. The van der Waals surface area contributed by atoms with Crippen LogP contribution in [0.5, 0.6) is 0 Å². The summed E-state index contributed by atoms with van der Waals surface area (Å²) in [5, 5.41) is 3.42. The van der Waals surface area contributed by atoms with Gasteiger partial charge in [0.1, 0.15) is 6.54 Å². The standard InChI is InChI=1S/C22H29ClN2O4/c1-4-6-7-12-24-19(26)14-25-15(3)21(22(28)29-5-2)18(13-20(25)27)16-8-10-17(23)11-9-16/h8-11,18H,4-7,12-14H2,1-3H3,(H,24,26)/t18-/m0/s1. The van der Waals surface area contributed by atoms with Gasteiger partial charge < -0.3 is 15.0 Å². The van der Waals surface area contributed by atoms with Crippen molar-refractivity contribution in [3.8, 4) is 0 Å². The van der Waals surface area contributed by atoms with Gasteiger partial charge in [-0.15, -0.1) is 0 Å². The van der Waals surface area contributed by atoms with Gasteiger partial charge in [0, 0.05) is 29.6 Å². The third-order valence-electron chi connectivity index (χ3n) is 4.99. The van der Waals surface area contributed by atoms with E-state index in [9.17, 15) is 14.4 Å². The Hall–Kier alpha value is -2.34. The lowest BCUT2D eigenvalue weighted by atomic mass is 9.83. The molecule has 2 amide bonds. The van der Waals surface area contributed by atoms with Crippen LogP contribution in [0.2, 0.25) is 5.02 Å². The maximum absolute atomic E-state index is 12.8. The highest BCUT2D eigenvalue weighted by Gasteiger charge is 2.37. The van der Waals surface area contributed by atoms with Crippen molar-refractivity contribution < 1.29 is 19.1 Å². The topological polar surface area (TPSA) is 75.7 Å². The average Bonchev–Trinajstić information content (AvgIpc) is 2.69. The van der Waals surface area contributed by atoms with Crippen molar-refractivity contribution in [1.82, 2.24) is 10.2 Å². The molecule has 0 fully saturated rings. The van der Waals surface area contributed by atoms with Crippen LogP contribution in [0.4, 0.5) is 0 Å². The second-order valence-electron chi connectivity index (χ2n) is 7.06. The summed E-state index contributed by atoms with van der Waals surface area (Å²) in [5.74, 6) is -1.32. The lowest BCUT2D eigenvalue weighted by molar-refractivity contribution is -0.141. The molecule has 0 spiro atoms. The normalized spacial score (nSPS) is 16.8. The largest absolute Gasteiger partial charge is 0.463 e. The van der Waals surface area contributed by atoms with Crippen molar-refractivity contribution in [2.24, 2.45) is 0 Å². The van der Waals surface area contributed by atoms with E-state index >= 15 is 0 Å². The molecule has 2 rings (SSSR count). The van der Waals surface area contributed by atoms with E-state index in [0.717, 1.165) is 24.8 Å². The summed E-state index contributed by atoms with van der Waals surface area (Å²) >= 11 is 5.98. The first-order chi connectivity index (χ1) is 13.9. The minimum absolute atomic E-state index is 0.0935. The molecule has 1 heterocycles. The molecule has 1 atom stereocenters. The van der Waals surface area contributed by atoms with E-state index < -0.39 is 11.9 Å². The van der Waals surface area contributed by atoms with Crippen LogP contribution in [0, 0.1) is 0 Å². The number of carbonyl (C=O) groups excluding carboxylic acids is 3. The number of ether oxygens (including phenoxy) is 1. The Kier molecular flexibility index (Phi) is 8.70. The molecule has 0 unspecified atom stereocenters. The Morgan fingerprint density at radius 3 is 2.52 bits per heavy atom. The summed E-state index contributed by atoms with van der Waals surface area (Å²) in [6, 6.07) is 7.08. The Morgan fingerprint density at radius 2 is 1.90 bits per heavy atom. The van der Waals surface area contributed by atoms with Gasteiger partial charge >= 0.3 is 5.97 Å². The number of hydrogen-bond acceptors (Lipinski definition) is 4. The predicted octanol–water partition coefficient (Wildman–Crippen LogP) is 3.80. The molecule has 0 bridgehead atoms. The first kappa shape index (κ1) is 22.9. The molecule has 6 nitrogen and oxygen atoms in total. The minimum atomic E-state index is -0.467. The van der Waals surface area contributed by atoms with Crippen LogP contribution in [-0.4, -0.2) is 42.4 Å². The van der Waals surface area contributed by atoms with Crippen LogP contribution in [-0.2, 0) is 19.1 Å². The van der Waals surface area contributed by atoms with Gasteiger partial charge in [0.2, 0.25) is 11.8 Å². The van der Waals surface area contributed by atoms with Crippen molar-refractivity contribution in [1.29, 1.82) is 0 Å². The van der Waals surface area contributed by atoms with Crippen LogP contribution < -0.4 is 5.32 Å². The van der Waals surface area contributed by atoms with Gasteiger partial charge in [0.25, 0.3) is 0 Å². The number of nitrogens with one attached hydrogen (secondary N) is 1. The summed E-state index contributed by atoms with van der Waals surface area (Å²) < 4.78 is 5.25. The molecule has 0 radical (unpaired) electrons. The maximum Gasteiger partial charge on any atom is 0.336 e. The minimum Gasteiger partial charge on any atom is -0.463 e. The molecule has 1 N–H and O–H groups in total. The summed E-state index contributed by atoms with van der Waals surface area (Å²) in [6.45, 7) is 6.23. The third kappa shape index (κ3) is 6.07. The van der Waals surface area contributed by atoms with E-state index in [1.54, 1.807) is 26.0 Å². The number of nitrogens with zero attached hydrogens (tertiary/aromatic N) is 1. The molecule has 1 aromatic carbocycles. The van der Waals surface area contributed by atoms with Crippen molar-refractivity contribution >= 4 is 29.4 Å². The molecule has 0 saturated carbocycles. The Labute approximate surface area is 177 Å². The van der Waals surface area contributed by atoms with Crippen molar-refractivity contribution in [2.75, 3.05) is 19.7 Å². The number of carbonyl (C=O) groups is 3. The van der Waals surface area contributed by atoms with Crippen LogP contribution in [0.15, 0.2) is 35.5 Å². The smallest absolute Gasteiger partial charge is 0.336 e. The Bertz CT molecular complexity index is 774. The van der Waals surface area contributed by atoms with Crippen molar-refractivity contribution in [2.45, 2.75) is 52.4 Å². The number of halogens is 1. The lowest BCUT2D eigenvalue weighted by Crippen LogP contribution is -2.44. The van der Waals surface area contributed by atoms with E-state index in [1.165, 1.54) is 4.90 Å². The molecule has 0 saturated heterocycles. The zero-order valence-corrected chi connectivity index (χ0v) is 18.1. The molecule has 1 aromatic rings.